The molecule has 0 saturated heterocycles. The Morgan fingerprint density at radius 1 is 0.526 bits per heavy atom. The fourth-order valence-corrected chi connectivity index (χ4v) is 8.88. The van der Waals surface area contributed by atoms with E-state index in [0.29, 0.717) is 0 Å². The minimum atomic E-state index is -4.66. The van der Waals surface area contributed by atoms with Gasteiger partial charge >= 0.3 is 22.5 Å². The Hall–Kier alpha value is -3.28. The van der Waals surface area contributed by atoms with Gasteiger partial charge in [0.2, 0.25) is 0 Å². The minimum Gasteiger partial charge on any atom is -0.203 e. The van der Waals surface area contributed by atoms with Crippen molar-refractivity contribution in [3.8, 4) is 0 Å². The van der Waals surface area contributed by atoms with Crippen molar-refractivity contribution >= 4 is 20.4 Å². The van der Waals surface area contributed by atoms with Crippen LogP contribution in [0.2, 0.25) is 0 Å². The first kappa shape index (κ1) is 27.7. The SMILES string of the molecule is Cc1ccc(S(=O)(=O)OS(c2ccccc2)(c2ccc(C(F)(F)F)cc2)c2ccc(C(F)(F)F)cc2)cc1. The summed E-state index contributed by atoms with van der Waals surface area (Å²) in [5.74, 6) is 0. The van der Waals surface area contributed by atoms with Crippen LogP contribution in [0.1, 0.15) is 16.7 Å². The van der Waals surface area contributed by atoms with Gasteiger partial charge < -0.3 is 0 Å². The zero-order chi connectivity index (χ0) is 27.8. The Kier molecular flexibility index (Phi) is 7.39. The van der Waals surface area contributed by atoms with Crippen LogP contribution in [-0.4, -0.2) is 8.42 Å². The lowest BCUT2D eigenvalue weighted by Gasteiger charge is -2.39. The molecule has 0 saturated carbocycles. The number of alkyl halides is 6. The largest absolute Gasteiger partial charge is 0.416 e. The van der Waals surface area contributed by atoms with Gasteiger partial charge in [-0.2, -0.15) is 34.8 Å². The number of hydrogen-bond donors (Lipinski definition) is 0. The summed E-state index contributed by atoms with van der Waals surface area (Å²) in [4.78, 5) is 0.143. The molecule has 0 aliphatic rings. The zero-order valence-corrected chi connectivity index (χ0v) is 21.3. The van der Waals surface area contributed by atoms with Gasteiger partial charge in [0.05, 0.1) is 16.0 Å². The Morgan fingerprint density at radius 3 is 1.29 bits per heavy atom. The van der Waals surface area contributed by atoms with Crippen molar-refractivity contribution < 1.29 is 38.4 Å². The number of aryl methyl sites for hydroxylation is 1. The van der Waals surface area contributed by atoms with Crippen molar-refractivity contribution in [1.29, 1.82) is 0 Å². The molecule has 0 N–H and O–H groups in total. The summed E-state index contributed by atoms with van der Waals surface area (Å²) in [6.45, 7) is 1.75. The molecule has 0 spiro atoms. The van der Waals surface area contributed by atoms with Crippen LogP contribution in [-0.2, 0) is 26.1 Å². The third kappa shape index (κ3) is 5.59. The first-order valence-electron chi connectivity index (χ1n) is 11.0. The van der Waals surface area contributed by atoms with Gasteiger partial charge in [0.25, 0.3) is 0 Å². The van der Waals surface area contributed by atoms with Gasteiger partial charge in [0, 0.05) is 14.7 Å². The van der Waals surface area contributed by atoms with Crippen LogP contribution in [0, 0.1) is 6.92 Å². The molecule has 38 heavy (non-hydrogen) atoms. The van der Waals surface area contributed by atoms with E-state index >= 15 is 0 Å². The van der Waals surface area contributed by atoms with Gasteiger partial charge in [-0.3, -0.25) is 0 Å². The van der Waals surface area contributed by atoms with Crippen molar-refractivity contribution in [2.45, 2.75) is 38.9 Å². The number of rotatable bonds is 6. The van der Waals surface area contributed by atoms with E-state index in [0.717, 1.165) is 54.1 Å². The van der Waals surface area contributed by atoms with Crippen molar-refractivity contribution in [1.82, 2.24) is 0 Å². The average Bonchev–Trinajstić information content (AvgIpc) is 2.87. The summed E-state index contributed by atoms with van der Waals surface area (Å²) in [6.07, 6.45) is -9.32. The van der Waals surface area contributed by atoms with Crippen LogP contribution >= 0.6 is 10.3 Å². The second kappa shape index (κ2) is 10.1. The number of hydrogen-bond acceptors (Lipinski definition) is 3. The third-order valence-electron chi connectivity index (χ3n) is 5.60. The first-order chi connectivity index (χ1) is 17.7. The molecule has 0 aromatic heterocycles. The summed E-state index contributed by atoms with van der Waals surface area (Å²) in [6, 6.07) is 21.1. The Balaban J connectivity index is 2.01. The van der Waals surface area contributed by atoms with Gasteiger partial charge in [-0.05, 0) is 90.0 Å². The number of benzene rings is 4. The van der Waals surface area contributed by atoms with E-state index in [1.165, 1.54) is 24.3 Å². The minimum absolute atomic E-state index is 0.0483. The molecule has 3 nitrogen and oxygen atoms in total. The van der Waals surface area contributed by atoms with E-state index in [9.17, 15) is 34.8 Å². The van der Waals surface area contributed by atoms with E-state index < -0.39 is 43.9 Å². The van der Waals surface area contributed by atoms with Gasteiger partial charge in [-0.15, -0.1) is 0 Å². The third-order valence-corrected chi connectivity index (χ3v) is 10.8. The van der Waals surface area contributed by atoms with Gasteiger partial charge in [-0.1, -0.05) is 35.9 Å². The van der Waals surface area contributed by atoms with E-state index in [4.69, 9.17) is 3.63 Å². The second-order valence-electron chi connectivity index (χ2n) is 8.25. The quantitative estimate of drug-likeness (QED) is 0.218. The number of halogens is 6. The highest BCUT2D eigenvalue weighted by Gasteiger charge is 2.40. The maximum absolute atomic E-state index is 13.6. The monoisotopic (exact) mass is 570 g/mol. The molecule has 0 atom stereocenters. The van der Waals surface area contributed by atoms with Crippen molar-refractivity contribution in [3.63, 3.8) is 0 Å². The molecule has 4 rings (SSSR count). The maximum atomic E-state index is 13.6. The molecular weight excluding hydrogens is 550 g/mol. The molecule has 0 unspecified atom stereocenters. The molecule has 4 aromatic rings. The lowest BCUT2D eigenvalue weighted by atomic mass is 10.2. The van der Waals surface area contributed by atoms with Crippen LogP contribution in [0.3, 0.4) is 0 Å². The van der Waals surface area contributed by atoms with E-state index in [2.05, 4.69) is 0 Å². The highest BCUT2D eigenvalue weighted by atomic mass is 32.3. The molecule has 0 fully saturated rings. The summed E-state index contributed by atoms with van der Waals surface area (Å²) in [5, 5.41) is 0. The van der Waals surface area contributed by atoms with Crippen LogP contribution in [0.4, 0.5) is 26.3 Å². The molecule has 0 aliphatic carbocycles. The van der Waals surface area contributed by atoms with Crippen molar-refractivity contribution in [2.75, 3.05) is 0 Å². The highest BCUT2D eigenvalue weighted by Crippen LogP contribution is 2.70. The fourth-order valence-electron chi connectivity index (χ4n) is 3.69. The summed E-state index contributed by atoms with van der Waals surface area (Å²) in [7, 11) is -7.96. The maximum Gasteiger partial charge on any atom is 0.416 e. The molecule has 200 valence electrons. The van der Waals surface area contributed by atoms with Gasteiger partial charge in [0.1, 0.15) is 0 Å². The van der Waals surface area contributed by atoms with E-state index in [-0.39, 0.29) is 19.6 Å². The predicted octanol–water partition coefficient (Wildman–Crippen LogP) is 8.63. The van der Waals surface area contributed by atoms with Crippen LogP contribution in [0.5, 0.6) is 0 Å². The van der Waals surface area contributed by atoms with Crippen LogP contribution < -0.4 is 0 Å². The molecule has 11 heteroatoms. The van der Waals surface area contributed by atoms with Gasteiger partial charge in [0.15, 0.2) is 0 Å². The Labute approximate surface area is 217 Å². The van der Waals surface area contributed by atoms with Gasteiger partial charge in [-0.25, -0.2) is 3.63 Å². The van der Waals surface area contributed by atoms with Crippen LogP contribution in [0.15, 0.2) is 123 Å². The Bertz CT molecular complexity index is 1440. The Morgan fingerprint density at radius 2 is 0.895 bits per heavy atom. The van der Waals surface area contributed by atoms with Crippen LogP contribution in [0.25, 0.3) is 0 Å². The van der Waals surface area contributed by atoms with Crippen molar-refractivity contribution in [2.24, 2.45) is 0 Å². The lowest BCUT2D eigenvalue weighted by Crippen LogP contribution is -2.15. The first-order valence-corrected chi connectivity index (χ1v) is 14.0. The summed E-state index contributed by atoms with van der Waals surface area (Å²) in [5.41, 5.74) is -1.18. The average molecular weight is 571 g/mol. The van der Waals surface area contributed by atoms with E-state index in [1.807, 2.05) is 0 Å². The summed E-state index contributed by atoms with van der Waals surface area (Å²) < 4.78 is 113. The summed E-state index contributed by atoms with van der Waals surface area (Å²) >= 11 is 0. The lowest BCUT2D eigenvalue weighted by molar-refractivity contribution is -0.138. The fraction of sp³-hybridized carbons (Fsp3) is 0.111. The van der Waals surface area contributed by atoms with E-state index in [1.54, 1.807) is 37.3 Å². The molecule has 0 aliphatic heterocycles. The smallest absolute Gasteiger partial charge is 0.203 e. The normalized spacial score (nSPS) is 13.3. The highest BCUT2D eigenvalue weighted by molar-refractivity contribution is 8.33. The molecule has 4 aromatic carbocycles. The molecule has 0 heterocycles. The standard InChI is InChI=1S/C27H20F6O3S2/c1-19-7-13-25(14-8-19)38(34,35)36-37(22-5-3-2-4-6-22,23-15-9-20(10-16-23)26(28,29)30)24-17-11-21(12-18-24)27(31,32)33/h2-18H,1H3. The predicted molar refractivity (Wildman–Crippen MR) is 131 cm³/mol. The molecule has 0 radical (unpaired) electrons. The molecule has 0 bridgehead atoms. The molecular formula is C27H20F6O3S2. The van der Waals surface area contributed by atoms with Crippen molar-refractivity contribution in [3.05, 3.63) is 120 Å². The zero-order valence-electron chi connectivity index (χ0n) is 19.6. The second-order valence-corrected chi connectivity index (χ2v) is 12.7. The molecule has 0 amide bonds. The topological polar surface area (TPSA) is 43.4 Å².